The number of phenolic OH excluding ortho intramolecular Hbond substituents is 1. The van der Waals surface area contributed by atoms with E-state index in [4.69, 9.17) is 9.84 Å². The molecule has 0 radical (unpaired) electrons. The van der Waals surface area contributed by atoms with E-state index in [0.717, 1.165) is 0 Å². The van der Waals surface area contributed by atoms with Crippen molar-refractivity contribution in [2.45, 2.75) is 0 Å². The maximum absolute atomic E-state index is 9.09. The predicted molar refractivity (Wildman–Crippen MR) is 57.9 cm³/mol. The minimum Gasteiger partial charge on any atom is -0.508 e. The first kappa shape index (κ1) is 9.92. The predicted octanol–water partition coefficient (Wildman–Crippen LogP) is 2.74. The Morgan fingerprint density at radius 2 is 1.93 bits per heavy atom. The van der Waals surface area contributed by atoms with E-state index in [2.05, 4.69) is 25.9 Å². The first-order chi connectivity index (χ1) is 7.25. The maximum Gasteiger partial charge on any atom is 0.236 e. The SMILES string of the molecule is Oc1ccc(Oc2ncncc2Br)cc1. The first-order valence-corrected chi connectivity index (χ1v) is 4.97. The number of hydrogen-bond acceptors (Lipinski definition) is 4. The smallest absolute Gasteiger partial charge is 0.236 e. The maximum atomic E-state index is 9.09. The van der Waals surface area contributed by atoms with Crippen LogP contribution in [-0.4, -0.2) is 15.1 Å². The lowest BCUT2D eigenvalue weighted by Gasteiger charge is -2.05. The lowest BCUT2D eigenvalue weighted by Crippen LogP contribution is -1.89. The van der Waals surface area contributed by atoms with Crippen LogP contribution in [0.25, 0.3) is 0 Å². The van der Waals surface area contributed by atoms with Crippen LogP contribution in [0.5, 0.6) is 17.4 Å². The Balaban J connectivity index is 2.22. The number of ether oxygens (including phenoxy) is 1. The van der Waals surface area contributed by atoms with Crippen LogP contribution < -0.4 is 4.74 Å². The first-order valence-electron chi connectivity index (χ1n) is 4.18. The van der Waals surface area contributed by atoms with Gasteiger partial charge in [0.15, 0.2) is 0 Å². The molecule has 0 unspecified atom stereocenters. The second-order valence-electron chi connectivity index (χ2n) is 2.77. The highest BCUT2D eigenvalue weighted by Crippen LogP contribution is 2.26. The van der Waals surface area contributed by atoms with Crippen molar-refractivity contribution < 1.29 is 9.84 Å². The summed E-state index contributed by atoms with van der Waals surface area (Å²) in [4.78, 5) is 7.78. The Hall–Kier alpha value is -1.62. The molecule has 0 amide bonds. The fourth-order valence-corrected chi connectivity index (χ4v) is 1.30. The van der Waals surface area contributed by atoms with Crippen molar-refractivity contribution >= 4 is 15.9 Å². The summed E-state index contributed by atoms with van der Waals surface area (Å²) in [6.45, 7) is 0. The number of benzene rings is 1. The summed E-state index contributed by atoms with van der Waals surface area (Å²) in [5.74, 6) is 1.24. The number of rotatable bonds is 2. The van der Waals surface area contributed by atoms with Crippen LogP contribution in [0.15, 0.2) is 41.3 Å². The third kappa shape index (κ3) is 2.44. The van der Waals surface area contributed by atoms with Crippen LogP contribution in [0, 0.1) is 0 Å². The molecule has 4 nitrogen and oxygen atoms in total. The van der Waals surface area contributed by atoms with Crippen molar-refractivity contribution in [3.05, 3.63) is 41.3 Å². The third-order valence-corrected chi connectivity index (χ3v) is 2.23. The summed E-state index contributed by atoms with van der Waals surface area (Å²) >= 11 is 3.27. The van der Waals surface area contributed by atoms with Crippen LogP contribution in [0.1, 0.15) is 0 Å². The summed E-state index contributed by atoms with van der Waals surface area (Å²) in [5, 5.41) is 9.09. The number of aromatic hydroxyl groups is 1. The Morgan fingerprint density at radius 3 is 2.60 bits per heavy atom. The van der Waals surface area contributed by atoms with Gasteiger partial charge in [-0.25, -0.2) is 9.97 Å². The van der Waals surface area contributed by atoms with E-state index in [1.807, 2.05) is 0 Å². The molecule has 0 spiro atoms. The van der Waals surface area contributed by atoms with Crippen LogP contribution >= 0.6 is 15.9 Å². The highest BCUT2D eigenvalue weighted by molar-refractivity contribution is 9.10. The fraction of sp³-hybridized carbons (Fsp3) is 0. The zero-order valence-corrected chi connectivity index (χ0v) is 9.18. The van der Waals surface area contributed by atoms with E-state index in [0.29, 0.717) is 16.1 Å². The van der Waals surface area contributed by atoms with Crippen molar-refractivity contribution in [2.24, 2.45) is 0 Å². The van der Waals surface area contributed by atoms with E-state index < -0.39 is 0 Å². The minimum atomic E-state index is 0.198. The molecule has 0 fully saturated rings. The molecule has 2 aromatic rings. The van der Waals surface area contributed by atoms with Crippen molar-refractivity contribution in [2.75, 3.05) is 0 Å². The van der Waals surface area contributed by atoms with Gasteiger partial charge in [-0.3, -0.25) is 0 Å². The molecule has 5 heteroatoms. The molecule has 0 saturated carbocycles. The van der Waals surface area contributed by atoms with Crippen molar-refractivity contribution in [3.63, 3.8) is 0 Å². The van der Waals surface area contributed by atoms with Crippen LogP contribution in [0.2, 0.25) is 0 Å². The Bertz CT molecular complexity index is 459. The topological polar surface area (TPSA) is 55.2 Å². The van der Waals surface area contributed by atoms with Gasteiger partial charge in [0.05, 0.1) is 4.47 Å². The summed E-state index contributed by atoms with van der Waals surface area (Å²) in [6, 6.07) is 6.41. The molecule has 0 saturated heterocycles. The normalized spacial score (nSPS) is 9.93. The summed E-state index contributed by atoms with van der Waals surface area (Å²) in [5.41, 5.74) is 0. The number of hydrogen-bond donors (Lipinski definition) is 1. The van der Waals surface area contributed by atoms with E-state index in [1.54, 1.807) is 30.5 Å². The van der Waals surface area contributed by atoms with Gasteiger partial charge in [-0.2, -0.15) is 0 Å². The average Bonchev–Trinajstić information content (AvgIpc) is 2.25. The summed E-state index contributed by atoms with van der Waals surface area (Å²) in [6.07, 6.45) is 3.00. The molecule has 1 heterocycles. The number of nitrogens with zero attached hydrogens (tertiary/aromatic N) is 2. The fourth-order valence-electron chi connectivity index (χ4n) is 1.00. The van der Waals surface area contributed by atoms with Crippen molar-refractivity contribution in [1.82, 2.24) is 9.97 Å². The second-order valence-corrected chi connectivity index (χ2v) is 3.63. The van der Waals surface area contributed by atoms with Gasteiger partial charge in [0, 0.05) is 6.20 Å². The lowest BCUT2D eigenvalue weighted by molar-refractivity contribution is 0.450. The molecule has 0 aliphatic rings. The zero-order chi connectivity index (χ0) is 10.7. The van der Waals surface area contributed by atoms with Gasteiger partial charge in [-0.1, -0.05) is 0 Å². The van der Waals surface area contributed by atoms with Gasteiger partial charge in [0.2, 0.25) is 5.88 Å². The van der Waals surface area contributed by atoms with Crippen molar-refractivity contribution in [3.8, 4) is 17.4 Å². The van der Waals surface area contributed by atoms with E-state index in [-0.39, 0.29) is 5.75 Å². The standard InChI is InChI=1S/C10H7BrN2O2/c11-9-5-12-6-13-10(9)15-8-3-1-7(14)2-4-8/h1-6,14H. The van der Waals surface area contributed by atoms with Gasteiger partial charge < -0.3 is 9.84 Å². The third-order valence-electron chi connectivity index (χ3n) is 1.69. The lowest BCUT2D eigenvalue weighted by atomic mass is 10.3. The molecule has 0 aliphatic heterocycles. The Morgan fingerprint density at radius 1 is 1.20 bits per heavy atom. The molecule has 0 atom stereocenters. The molecular weight excluding hydrogens is 260 g/mol. The monoisotopic (exact) mass is 266 g/mol. The molecule has 1 aromatic carbocycles. The molecule has 76 valence electrons. The zero-order valence-electron chi connectivity index (χ0n) is 7.59. The quantitative estimate of drug-likeness (QED) is 0.908. The summed E-state index contributed by atoms with van der Waals surface area (Å²) in [7, 11) is 0. The highest BCUT2D eigenvalue weighted by atomic mass is 79.9. The molecular formula is C10H7BrN2O2. The van der Waals surface area contributed by atoms with Crippen LogP contribution in [0.3, 0.4) is 0 Å². The molecule has 15 heavy (non-hydrogen) atoms. The minimum absolute atomic E-state index is 0.198. The number of aromatic nitrogens is 2. The van der Waals surface area contributed by atoms with Gasteiger partial charge in [-0.15, -0.1) is 0 Å². The molecule has 2 rings (SSSR count). The molecule has 1 N–H and O–H groups in total. The Kier molecular flexibility index (Phi) is 2.82. The van der Waals surface area contributed by atoms with E-state index in [1.165, 1.54) is 6.33 Å². The molecule has 1 aromatic heterocycles. The molecule has 0 bridgehead atoms. The Labute approximate surface area is 94.7 Å². The van der Waals surface area contributed by atoms with Gasteiger partial charge in [-0.05, 0) is 40.2 Å². The number of halogens is 1. The van der Waals surface area contributed by atoms with Gasteiger partial charge in [0.25, 0.3) is 0 Å². The summed E-state index contributed by atoms with van der Waals surface area (Å²) < 4.78 is 6.13. The molecule has 0 aliphatic carbocycles. The van der Waals surface area contributed by atoms with Crippen LogP contribution in [-0.2, 0) is 0 Å². The largest absolute Gasteiger partial charge is 0.508 e. The van der Waals surface area contributed by atoms with Crippen LogP contribution in [0.4, 0.5) is 0 Å². The van der Waals surface area contributed by atoms with E-state index in [9.17, 15) is 0 Å². The van der Waals surface area contributed by atoms with Crippen molar-refractivity contribution in [1.29, 1.82) is 0 Å². The average molecular weight is 267 g/mol. The van der Waals surface area contributed by atoms with Gasteiger partial charge >= 0.3 is 0 Å². The highest BCUT2D eigenvalue weighted by Gasteiger charge is 2.03. The van der Waals surface area contributed by atoms with Gasteiger partial charge in [0.1, 0.15) is 17.8 Å². The van der Waals surface area contributed by atoms with E-state index >= 15 is 0 Å². The number of phenols is 1. The second kappa shape index (κ2) is 4.27.